The lowest BCUT2D eigenvalue weighted by Crippen LogP contribution is -2.64. The first-order chi connectivity index (χ1) is 15.4. The minimum Gasteiger partial charge on any atom is -0.345 e. The molecule has 1 N–H and O–H groups in total. The van der Waals surface area contributed by atoms with E-state index in [0.29, 0.717) is 29.4 Å². The molecule has 8 rings (SSSR count). The zero-order chi connectivity index (χ0) is 21.8. The Morgan fingerprint density at radius 1 is 1.03 bits per heavy atom. The number of nitrogens with zero attached hydrogens (tertiary/aromatic N) is 2. The molecular formula is C26H29F2N3O. The third-order valence-corrected chi connectivity index (χ3v) is 9.76. The number of halogens is 2. The Balaban J connectivity index is 1.28. The lowest BCUT2D eigenvalue weighted by atomic mass is 9.49. The van der Waals surface area contributed by atoms with Gasteiger partial charge in [0, 0.05) is 23.1 Å². The Labute approximate surface area is 186 Å². The van der Waals surface area contributed by atoms with E-state index in [4.69, 9.17) is 0 Å². The molecule has 6 aliphatic carbocycles. The minimum absolute atomic E-state index is 0.106. The Kier molecular flexibility index (Phi) is 3.86. The highest BCUT2D eigenvalue weighted by atomic mass is 19.1. The number of benzene rings is 1. The molecule has 2 atom stereocenters. The molecule has 0 radical (unpaired) electrons. The lowest BCUT2D eigenvalue weighted by molar-refractivity contribution is -0.0606. The van der Waals surface area contributed by atoms with Crippen LogP contribution in [0.25, 0.3) is 5.69 Å². The maximum Gasteiger partial charge on any atom is 0.272 e. The molecule has 32 heavy (non-hydrogen) atoms. The highest BCUT2D eigenvalue weighted by Gasteiger charge is 2.56. The summed E-state index contributed by atoms with van der Waals surface area (Å²) in [7, 11) is 0. The van der Waals surface area contributed by atoms with Crippen LogP contribution in [0.3, 0.4) is 0 Å². The molecule has 4 nitrogen and oxygen atoms in total. The summed E-state index contributed by atoms with van der Waals surface area (Å²) >= 11 is 0. The maximum atomic E-state index is 14.7. The minimum atomic E-state index is -0.641. The van der Waals surface area contributed by atoms with Crippen LogP contribution in [0.1, 0.15) is 91.9 Å². The topological polar surface area (TPSA) is 46.9 Å². The number of nitrogens with one attached hydrogen (secondary N) is 1. The van der Waals surface area contributed by atoms with Crippen molar-refractivity contribution in [1.29, 1.82) is 0 Å². The van der Waals surface area contributed by atoms with Crippen LogP contribution in [0.5, 0.6) is 0 Å². The van der Waals surface area contributed by atoms with Crippen molar-refractivity contribution in [2.24, 2.45) is 23.7 Å². The Morgan fingerprint density at radius 2 is 1.72 bits per heavy atom. The van der Waals surface area contributed by atoms with E-state index >= 15 is 0 Å². The zero-order valence-electron chi connectivity index (χ0n) is 18.4. The molecule has 5 fully saturated rings. The highest BCUT2D eigenvalue weighted by molar-refractivity contribution is 5.95. The predicted octanol–water partition coefficient (Wildman–Crippen LogP) is 5.46. The Hall–Kier alpha value is -2.24. The number of hydrogen-bond acceptors (Lipinski definition) is 2. The van der Waals surface area contributed by atoms with E-state index in [-0.39, 0.29) is 17.1 Å². The van der Waals surface area contributed by atoms with Gasteiger partial charge < -0.3 is 5.32 Å². The lowest BCUT2D eigenvalue weighted by Gasteiger charge is -2.60. The summed E-state index contributed by atoms with van der Waals surface area (Å²) in [4.78, 5) is 13.7. The number of fused-ring (bicyclic) bond motifs is 5. The third-order valence-electron chi connectivity index (χ3n) is 9.76. The van der Waals surface area contributed by atoms with Gasteiger partial charge >= 0.3 is 0 Å². The van der Waals surface area contributed by atoms with E-state index in [1.165, 1.54) is 44.2 Å². The van der Waals surface area contributed by atoms with E-state index < -0.39 is 11.6 Å². The van der Waals surface area contributed by atoms with Crippen molar-refractivity contribution in [1.82, 2.24) is 15.1 Å². The van der Waals surface area contributed by atoms with Gasteiger partial charge in [-0.3, -0.25) is 4.79 Å². The smallest absolute Gasteiger partial charge is 0.272 e. The fourth-order valence-corrected chi connectivity index (χ4v) is 8.41. The van der Waals surface area contributed by atoms with E-state index in [2.05, 4.69) is 17.3 Å². The first-order valence-corrected chi connectivity index (χ1v) is 12.3. The molecule has 1 amide bonds. The van der Waals surface area contributed by atoms with Crippen LogP contribution >= 0.6 is 0 Å². The summed E-state index contributed by atoms with van der Waals surface area (Å²) in [6, 6.07) is 3.59. The number of carbonyl (C=O) groups excluding carboxylic acids is 1. The van der Waals surface area contributed by atoms with Crippen LogP contribution < -0.4 is 5.32 Å². The third kappa shape index (κ3) is 2.52. The number of hydrogen-bond donors (Lipinski definition) is 1. The van der Waals surface area contributed by atoms with E-state index in [0.717, 1.165) is 48.4 Å². The van der Waals surface area contributed by atoms with Crippen molar-refractivity contribution >= 4 is 5.91 Å². The van der Waals surface area contributed by atoms with Crippen LogP contribution in [-0.2, 0) is 0 Å². The van der Waals surface area contributed by atoms with Gasteiger partial charge in [-0.05, 0) is 100 Å². The second kappa shape index (κ2) is 6.42. The monoisotopic (exact) mass is 437 g/mol. The van der Waals surface area contributed by atoms with Crippen molar-refractivity contribution < 1.29 is 13.6 Å². The van der Waals surface area contributed by atoms with Crippen LogP contribution in [0.4, 0.5) is 8.78 Å². The summed E-state index contributed by atoms with van der Waals surface area (Å²) in [5, 5.41) is 8.15. The molecule has 5 saturated carbocycles. The molecule has 168 valence electrons. The molecule has 2 unspecified atom stereocenters. The second-order valence-corrected chi connectivity index (χ2v) is 11.4. The van der Waals surface area contributed by atoms with Gasteiger partial charge in [-0.15, -0.1) is 0 Å². The van der Waals surface area contributed by atoms with Crippen LogP contribution in [0.15, 0.2) is 18.2 Å². The van der Waals surface area contributed by atoms with Crippen molar-refractivity contribution in [2.75, 3.05) is 0 Å². The zero-order valence-corrected chi connectivity index (χ0v) is 18.4. The molecule has 6 heteroatoms. The molecule has 1 aromatic heterocycles. The predicted molar refractivity (Wildman–Crippen MR) is 116 cm³/mol. The quantitative estimate of drug-likeness (QED) is 0.693. The molecule has 0 spiro atoms. The number of aromatic nitrogens is 2. The molecular weight excluding hydrogens is 408 g/mol. The van der Waals surface area contributed by atoms with Gasteiger partial charge in [0.2, 0.25) is 0 Å². The van der Waals surface area contributed by atoms with Gasteiger partial charge in [0.15, 0.2) is 11.5 Å². The largest absolute Gasteiger partial charge is 0.345 e. The van der Waals surface area contributed by atoms with Crippen LogP contribution in [0.2, 0.25) is 0 Å². The van der Waals surface area contributed by atoms with Gasteiger partial charge in [-0.25, -0.2) is 13.5 Å². The molecule has 1 aromatic carbocycles. The van der Waals surface area contributed by atoms with Crippen LogP contribution in [-0.4, -0.2) is 21.2 Å². The average Bonchev–Trinajstić information content (AvgIpc) is 3.45. The summed E-state index contributed by atoms with van der Waals surface area (Å²) in [6.45, 7) is 2.25. The molecule has 0 aliphatic heterocycles. The Morgan fingerprint density at radius 3 is 2.41 bits per heavy atom. The average molecular weight is 438 g/mol. The van der Waals surface area contributed by atoms with Gasteiger partial charge in [0.25, 0.3) is 5.91 Å². The summed E-state index contributed by atoms with van der Waals surface area (Å²) in [5.41, 5.74) is 2.49. The van der Waals surface area contributed by atoms with Crippen LogP contribution in [0, 0.1) is 35.3 Å². The fraction of sp³-hybridized carbons (Fsp3) is 0.615. The van der Waals surface area contributed by atoms with Crippen molar-refractivity contribution in [3.05, 3.63) is 46.8 Å². The standard InChI is InChI=1S/C26H29F2N3O/c1-26(17-7-13-6-14(9-17)10-18(26)8-13)29-25(32)23-22-15-2-3-16(11-15)24(22)31(30-23)21-5-4-19(27)12-20(21)28/h4-5,12-18H,2-3,6-11H2,1H3,(H,29,32). The summed E-state index contributed by atoms with van der Waals surface area (Å²) < 4.78 is 29.8. The number of carbonyl (C=O) groups is 1. The Bertz CT molecular complexity index is 1110. The summed E-state index contributed by atoms with van der Waals surface area (Å²) in [5.74, 6) is 2.02. The normalized spacial score (nSPS) is 38.3. The highest BCUT2D eigenvalue weighted by Crippen LogP contribution is 2.59. The van der Waals surface area contributed by atoms with Gasteiger partial charge in [0.1, 0.15) is 11.5 Å². The second-order valence-electron chi connectivity index (χ2n) is 11.4. The van der Waals surface area contributed by atoms with Gasteiger partial charge in [-0.1, -0.05) is 0 Å². The molecule has 6 bridgehead atoms. The van der Waals surface area contributed by atoms with E-state index in [1.54, 1.807) is 4.68 Å². The van der Waals surface area contributed by atoms with Crippen molar-refractivity contribution in [3.63, 3.8) is 0 Å². The fourth-order valence-electron chi connectivity index (χ4n) is 8.41. The SMILES string of the molecule is CC1(NC(=O)c2nn(-c3ccc(F)cc3F)c3c2C2CCC3C2)C2CC3CC(C2)CC1C3. The van der Waals surface area contributed by atoms with Gasteiger partial charge in [-0.2, -0.15) is 5.10 Å². The molecule has 0 saturated heterocycles. The van der Waals surface area contributed by atoms with Crippen molar-refractivity contribution in [3.8, 4) is 5.69 Å². The summed E-state index contributed by atoms with van der Waals surface area (Å²) in [6.07, 6.45) is 9.37. The van der Waals surface area contributed by atoms with Crippen molar-refractivity contribution in [2.45, 2.75) is 75.7 Å². The number of rotatable bonds is 3. The first-order valence-electron chi connectivity index (χ1n) is 12.3. The van der Waals surface area contributed by atoms with E-state index in [9.17, 15) is 13.6 Å². The molecule has 6 aliphatic rings. The number of amides is 1. The van der Waals surface area contributed by atoms with Gasteiger partial charge in [0.05, 0.1) is 5.69 Å². The first kappa shape index (κ1) is 19.2. The maximum absolute atomic E-state index is 14.7. The van der Waals surface area contributed by atoms with E-state index in [1.807, 2.05) is 0 Å². The molecule has 2 aromatic rings. The molecule has 1 heterocycles.